The molecule has 0 bridgehead atoms. The van der Waals surface area contributed by atoms with Crippen LogP contribution in [-0.2, 0) is 6.54 Å². The van der Waals surface area contributed by atoms with Crippen LogP contribution in [0.3, 0.4) is 0 Å². The summed E-state index contributed by atoms with van der Waals surface area (Å²) >= 11 is 3.68. The molecule has 2 rings (SSSR count). The Morgan fingerprint density at radius 1 is 1.32 bits per heavy atom. The van der Waals surface area contributed by atoms with Crippen molar-refractivity contribution in [3.63, 3.8) is 0 Å². The van der Waals surface area contributed by atoms with Gasteiger partial charge < -0.3 is 5.32 Å². The van der Waals surface area contributed by atoms with Crippen molar-refractivity contribution in [1.82, 2.24) is 15.1 Å². The summed E-state index contributed by atoms with van der Waals surface area (Å²) in [5, 5.41) is 7.92. The SMILES string of the molecule is CCNC(c1ccc(C)cc1Br)c1ccnn1CC. The van der Waals surface area contributed by atoms with Gasteiger partial charge in [0.15, 0.2) is 0 Å². The van der Waals surface area contributed by atoms with Crippen LogP contribution in [-0.4, -0.2) is 16.3 Å². The van der Waals surface area contributed by atoms with E-state index in [1.54, 1.807) is 0 Å². The van der Waals surface area contributed by atoms with E-state index in [0.29, 0.717) is 0 Å². The molecule has 2 aromatic rings. The zero-order chi connectivity index (χ0) is 13.8. The number of nitrogens with one attached hydrogen (secondary N) is 1. The van der Waals surface area contributed by atoms with E-state index in [4.69, 9.17) is 0 Å². The number of halogens is 1. The van der Waals surface area contributed by atoms with E-state index >= 15 is 0 Å². The minimum absolute atomic E-state index is 0.169. The van der Waals surface area contributed by atoms with Crippen LogP contribution < -0.4 is 5.32 Å². The first-order valence-electron chi connectivity index (χ1n) is 6.68. The molecule has 1 aromatic carbocycles. The van der Waals surface area contributed by atoms with Gasteiger partial charge in [0, 0.05) is 17.2 Å². The lowest BCUT2D eigenvalue weighted by Gasteiger charge is -2.21. The molecule has 0 aliphatic carbocycles. The molecule has 1 atom stereocenters. The molecule has 0 spiro atoms. The lowest BCUT2D eigenvalue weighted by Crippen LogP contribution is -2.25. The third kappa shape index (κ3) is 3.07. The topological polar surface area (TPSA) is 29.9 Å². The van der Waals surface area contributed by atoms with Crippen LogP contribution in [0.4, 0.5) is 0 Å². The van der Waals surface area contributed by atoms with Crippen LogP contribution >= 0.6 is 15.9 Å². The summed E-state index contributed by atoms with van der Waals surface area (Å²) in [5.74, 6) is 0. The zero-order valence-corrected chi connectivity index (χ0v) is 13.2. The van der Waals surface area contributed by atoms with Crippen molar-refractivity contribution >= 4 is 15.9 Å². The molecule has 3 nitrogen and oxygen atoms in total. The highest BCUT2D eigenvalue weighted by atomic mass is 79.9. The normalized spacial score (nSPS) is 12.6. The molecule has 1 heterocycles. The minimum Gasteiger partial charge on any atom is -0.305 e. The number of aryl methyl sites for hydroxylation is 2. The summed E-state index contributed by atoms with van der Waals surface area (Å²) in [6.07, 6.45) is 1.87. The molecule has 0 amide bonds. The predicted molar refractivity (Wildman–Crippen MR) is 82.3 cm³/mol. The molecular weight excluding hydrogens is 302 g/mol. The van der Waals surface area contributed by atoms with Gasteiger partial charge >= 0.3 is 0 Å². The van der Waals surface area contributed by atoms with Gasteiger partial charge in [-0.25, -0.2) is 0 Å². The Bertz CT molecular complexity index is 548. The molecule has 1 aromatic heterocycles. The van der Waals surface area contributed by atoms with Crippen molar-refractivity contribution in [2.75, 3.05) is 6.54 Å². The molecule has 0 saturated carbocycles. The van der Waals surface area contributed by atoms with Crippen molar-refractivity contribution in [2.45, 2.75) is 33.4 Å². The number of benzene rings is 1. The number of hydrogen-bond donors (Lipinski definition) is 1. The Labute approximate surface area is 123 Å². The van der Waals surface area contributed by atoms with E-state index in [1.807, 2.05) is 10.9 Å². The molecule has 1 N–H and O–H groups in total. The first kappa shape index (κ1) is 14.3. The summed E-state index contributed by atoms with van der Waals surface area (Å²) in [4.78, 5) is 0. The fourth-order valence-corrected chi connectivity index (χ4v) is 3.02. The smallest absolute Gasteiger partial charge is 0.0759 e. The second-order valence-corrected chi connectivity index (χ2v) is 5.44. The number of rotatable bonds is 5. The van der Waals surface area contributed by atoms with Crippen LogP contribution in [0.2, 0.25) is 0 Å². The van der Waals surface area contributed by atoms with Crippen molar-refractivity contribution in [3.05, 3.63) is 51.8 Å². The van der Waals surface area contributed by atoms with Crippen molar-refractivity contribution in [1.29, 1.82) is 0 Å². The van der Waals surface area contributed by atoms with Gasteiger partial charge in [-0.2, -0.15) is 5.10 Å². The molecule has 102 valence electrons. The molecule has 0 aliphatic heterocycles. The minimum atomic E-state index is 0.169. The van der Waals surface area contributed by atoms with Crippen molar-refractivity contribution in [2.24, 2.45) is 0 Å². The van der Waals surface area contributed by atoms with Gasteiger partial charge in [-0.15, -0.1) is 0 Å². The molecule has 0 saturated heterocycles. The molecular formula is C15H20BrN3. The summed E-state index contributed by atoms with van der Waals surface area (Å²) in [6, 6.07) is 8.74. The molecule has 4 heteroatoms. The molecule has 1 unspecified atom stereocenters. The standard InChI is InChI=1S/C15H20BrN3/c1-4-17-15(14-8-9-18-19(14)5-2)12-7-6-11(3)10-13(12)16/h6-10,15,17H,4-5H2,1-3H3. The van der Waals surface area contributed by atoms with E-state index in [1.165, 1.54) is 16.8 Å². The van der Waals surface area contributed by atoms with Crippen LogP contribution in [0, 0.1) is 6.92 Å². The van der Waals surface area contributed by atoms with E-state index < -0.39 is 0 Å². The van der Waals surface area contributed by atoms with E-state index in [-0.39, 0.29) is 6.04 Å². The zero-order valence-electron chi connectivity index (χ0n) is 11.7. The average molecular weight is 322 g/mol. The fraction of sp³-hybridized carbons (Fsp3) is 0.400. The average Bonchev–Trinajstić information content (AvgIpc) is 2.85. The lowest BCUT2D eigenvalue weighted by molar-refractivity contribution is 0.541. The maximum Gasteiger partial charge on any atom is 0.0759 e. The molecule has 0 aliphatic rings. The van der Waals surface area contributed by atoms with E-state index in [2.05, 4.69) is 71.4 Å². The van der Waals surface area contributed by atoms with Gasteiger partial charge in [0.2, 0.25) is 0 Å². The van der Waals surface area contributed by atoms with Gasteiger partial charge in [0.25, 0.3) is 0 Å². The first-order valence-corrected chi connectivity index (χ1v) is 7.47. The highest BCUT2D eigenvalue weighted by molar-refractivity contribution is 9.10. The second-order valence-electron chi connectivity index (χ2n) is 4.59. The number of nitrogens with zero attached hydrogens (tertiary/aromatic N) is 2. The van der Waals surface area contributed by atoms with E-state index in [0.717, 1.165) is 17.6 Å². The van der Waals surface area contributed by atoms with E-state index in [9.17, 15) is 0 Å². The monoisotopic (exact) mass is 321 g/mol. The van der Waals surface area contributed by atoms with Crippen LogP contribution in [0.15, 0.2) is 34.9 Å². The lowest BCUT2D eigenvalue weighted by atomic mass is 10.0. The Morgan fingerprint density at radius 3 is 2.74 bits per heavy atom. The van der Waals surface area contributed by atoms with Crippen molar-refractivity contribution < 1.29 is 0 Å². The summed E-state index contributed by atoms with van der Waals surface area (Å²) < 4.78 is 3.18. The Hall–Kier alpha value is -1.13. The number of hydrogen-bond acceptors (Lipinski definition) is 2. The third-order valence-corrected chi connectivity index (χ3v) is 3.91. The highest BCUT2D eigenvalue weighted by Gasteiger charge is 2.19. The Balaban J connectivity index is 2.45. The van der Waals surface area contributed by atoms with Crippen LogP contribution in [0.25, 0.3) is 0 Å². The highest BCUT2D eigenvalue weighted by Crippen LogP contribution is 2.29. The summed E-state index contributed by atoms with van der Waals surface area (Å²) in [7, 11) is 0. The summed E-state index contributed by atoms with van der Waals surface area (Å²) in [5.41, 5.74) is 3.71. The second kappa shape index (κ2) is 6.35. The maximum absolute atomic E-state index is 4.37. The van der Waals surface area contributed by atoms with Crippen LogP contribution in [0.1, 0.15) is 36.7 Å². The maximum atomic E-state index is 4.37. The van der Waals surface area contributed by atoms with Crippen molar-refractivity contribution in [3.8, 4) is 0 Å². The van der Waals surface area contributed by atoms with Gasteiger partial charge in [0.1, 0.15) is 0 Å². The summed E-state index contributed by atoms with van der Waals surface area (Å²) in [6.45, 7) is 8.14. The third-order valence-electron chi connectivity index (χ3n) is 3.22. The van der Waals surface area contributed by atoms with Gasteiger partial charge in [0.05, 0.1) is 11.7 Å². The van der Waals surface area contributed by atoms with Crippen LogP contribution in [0.5, 0.6) is 0 Å². The molecule has 19 heavy (non-hydrogen) atoms. The van der Waals surface area contributed by atoms with Gasteiger partial charge in [-0.3, -0.25) is 4.68 Å². The van der Waals surface area contributed by atoms with Gasteiger partial charge in [-0.1, -0.05) is 35.0 Å². The molecule has 0 fully saturated rings. The largest absolute Gasteiger partial charge is 0.305 e. The quantitative estimate of drug-likeness (QED) is 0.910. The predicted octanol–water partition coefficient (Wildman–Crippen LogP) is 3.67. The first-order chi connectivity index (χ1) is 9.17. The number of aromatic nitrogens is 2. The fourth-order valence-electron chi connectivity index (χ4n) is 2.30. The molecule has 0 radical (unpaired) electrons. The Kier molecular flexibility index (Phi) is 4.77. The van der Waals surface area contributed by atoms with Gasteiger partial charge in [-0.05, 0) is 43.7 Å². The Morgan fingerprint density at radius 2 is 2.11 bits per heavy atom.